The van der Waals surface area contributed by atoms with Crippen molar-refractivity contribution in [3.63, 3.8) is 0 Å². The van der Waals surface area contributed by atoms with Crippen molar-refractivity contribution in [3.05, 3.63) is 65.5 Å². The molecule has 0 spiro atoms. The predicted octanol–water partition coefficient (Wildman–Crippen LogP) is 6.05. The maximum absolute atomic E-state index is 5.01. The molecule has 0 aliphatic rings. The van der Waals surface area contributed by atoms with Gasteiger partial charge in [-0.05, 0) is 62.6 Å². The Morgan fingerprint density at radius 2 is 1.63 bits per heavy atom. The van der Waals surface area contributed by atoms with Gasteiger partial charge in [-0.3, -0.25) is 4.40 Å². The number of pyridine rings is 1. The van der Waals surface area contributed by atoms with Gasteiger partial charge >= 0.3 is 0 Å². The van der Waals surface area contributed by atoms with Crippen molar-refractivity contribution in [1.82, 2.24) is 9.38 Å². The fraction of sp³-hybridized carbons (Fsp3) is 0.458. The number of imidazole rings is 1. The van der Waals surface area contributed by atoms with Crippen LogP contribution in [0.2, 0.25) is 0 Å². The van der Waals surface area contributed by atoms with Gasteiger partial charge in [-0.2, -0.15) is 0 Å². The fourth-order valence-electron chi connectivity index (χ4n) is 4.16. The van der Waals surface area contributed by atoms with Crippen LogP contribution in [-0.2, 0) is 12.8 Å². The molecule has 0 bridgehead atoms. The van der Waals surface area contributed by atoms with Crippen LogP contribution in [-0.4, -0.2) is 14.9 Å². The number of nitrogens with zero attached hydrogens (tertiary/aromatic N) is 2. The van der Waals surface area contributed by atoms with Crippen molar-refractivity contribution in [1.29, 1.82) is 0 Å². The minimum atomic E-state index is -0.0144. The van der Waals surface area contributed by atoms with Gasteiger partial charge in [-0.15, -0.1) is 0 Å². The van der Waals surface area contributed by atoms with Crippen molar-refractivity contribution in [2.45, 2.75) is 66.3 Å². The highest BCUT2D eigenvalue weighted by Gasteiger charge is 2.27. The van der Waals surface area contributed by atoms with E-state index in [1.807, 2.05) is 0 Å². The Hall–Kier alpha value is -2.29. The molecule has 0 fully saturated rings. The number of aromatic nitrogens is 2. The molecule has 0 amide bonds. The van der Waals surface area contributed by atoms with Gasteiger partial charge in [-0.1, -0.05) is 57.2 Å². The van der Waals surface area contributed by atoms with E-state index in [0.29, 0.717) is 0 Å². The lowest BCUT2D eigenvalue weighted by molar-refractivity contribution is 0.302. The second-order valence-corrected chi connectivity index (χ2v) is 9.52. The first-order valence-corrected chi connectivity index (χ1v) is 9.93. The Kier molecular flexibility index (Phi) is 5.32. The number of benzene rings is 1. The van der Waals surface area contributed by atoms with Crippen molar-refractivity contribution in [2.24, 2.45) is 5.41 Å². The second kappa shape index (κ2) is 7.38. The molecular formula is C24H33N3. The average Bonchev–Trinajstić information content (AvgIpc) is 2.90. The minimum absolute atomic E-state index is 0.0144. The largest absolute Gasteiger partial charge is 0.365 e. The van der Waals surface area contributed by atoms with Gasteiger partial charge in [0.15, 0.2) is 0 Å². The molecule has 0 saturated carbocycles. The molecule has 2 heterocycles. The predicted molar refractivity (Wildman–Crippen MR) is 116 cm³/mol. The van der Waals surface area contributed by atoms with Crippen molar-refractivity contribution >= 4 is 11.5 Å². The minimum Gasteiger partial charge on any atom is -0.365 e. The molecule has 3 rings (SSSR count). The first-order valence-electron chi connectivity index (χ1n) is 9.93. The zero-order valence-electron chi connectivity index (χ0n) is 17.6. The summed E-state index contributed by atoms with van der Waals surface area (Å²) >= 11 is 0. The maximum atomic E-state index is 5.01. The molecule has 1 aromatic carbocycles. The van der Waals surface area contributed by atoms with E-state index in [1.54, 1.807) is 0 Å². The molecule has 0 unspecified atom stereocenters. The van der Waals surface area contributed by atoms with Crippen LogP contribution in [0.4, 0.5) is 5.82 Å². The van der Waals surface area contributed by atoms with Gasteiger partial charge in [0.2, 0.25) is 0 Å². The smallest absolute Gasteiger partial charge is 0.141 e. The van der Waals surface area contributed by atoms with E-state index in [1.165, 1.54) is 11.1 Å². The third-order valence-corrected chi connectivity index (χ3v) is 4.84. The van der Waals surface area contributed by atoms with E-state index < -0.39 is 0 Å². The number of anilines is 1. The lowest BCUT2D eigenvalue weighted by Crippen LogP contribution is -2.36. The first kappa shape index (κ1) is 19.5. The van der Waals surface area contributed by atoms with E-state index in [9.17, 15) is 0 Å². The molecule has 0 saturated heterocycles. The standard InChI is InChI=1S/C24H33N3/c1-18-11-10-16-27-21(18)25-20(15-14-19-12-8-7-9-13-19)22(27)26-24(5,6)17-23(2,3)4/h7-13,16,26H,14-15,17H2,1-6H3. The zero-order chi connectivity index (χ0) is 19.7. The zero-order valence-corrected chi connectivity index (χ0v) is 17.6. The highest BCUT2D eigenvalue weighted by molar-refractivity contribution is 5.60. The highest BCUT2D eigenvalue weighted by Crippen LogP contribution is 2.32. The van der Waals surface area contributed by atoms with E-state index in [4.69, 9.17) is 4.98 Å². The van der Waals surface area contributed by atoms with Crippen LogP contribution in [0.15, 0.2) is 48.7 Å². The van der Waals surface area contributed by atoms with Crippen LogP contribution in [0.25, 0.3) is 5.65 Å². The van der Waals surface area contributed by atoms with Gasteiger partial charge in [0.25, 0.3) is 0 Å². The SMILES string of the molecule is Cc1cccn2c(NC(C)(C)CC(C)(C)C)c(CCc3ccccc3)nc12. The van der Waals surface area contributed by atoms with Gasteiger partial charge < -0.3 is 5.32 Å². The summed E-state index contributed by atoms with van der Waals surface area (Å²) in [7, 11) is 0. The lowest BCUT2D eigenvalue weighted by atomic mass is 9.82. The number of nitrogens with one attached hydrogen (secondary N) is 1. The Morgan fingerprint density at radius 3 is 2.30 bits per heavy atom. The van der Waals surface area contributed by atoms with Gasteiger partial charge in [0.05, 0.1) is 5.69 Å². The normalized spacial score (nSPS) is 12.5. The molecule has 3 heteroatoms. The Morgan fingerprint density at radius 1 is 0.926 bits per heavy atom. The summed E-state index contributed by atoms with van der Waals surface area (Å²) in [5.74, 6) is 1.14. The molecule has 144 valence electrons. The van der Waals surface area contributed by atoms with Crippen LogP contribution in [0.1, 0.15) is 57.9 Å². The lowest BCUT2D eigenvalue weighted by Gasteiger charge is -2.34. The average molecular weight is 364 g/mol. The molecule has 0 aliphatic carbocycles. The van der Waals surface area contributed by atoms with Crippen molar-refractivity contribution < 1.29 is 0 Å². The van der Waals surface area contributed by atoms with Crippen LogP contribution < -0.4 is 5.32 Å². The van der Waals surface area contributed by atoms with Gasteiger partial charge in [0, 0.05) is 11.7 Å². The summed E-state index contributed by atoms with van der Waals surface area (Å²) in [5, 5.41) is 3.83. The van der Waals surface area contributed by atoms with Crippen LogP contribution >= 0.6 is 0 Å². The van der Waals surface area contributed by atoms with E-state index in [2.05, 4.69) is 99.9 Å². The Bertz CT molecular complexity index is 899. The highest BCUT2D eigenvalue weighted by atomic mass is 15.2. The fourth-order valence-corrected chi connectivity index (χ4v) is 4.16. The van der Waals surface area contributed by atoms with Gasteiger partial charge in [0.1, 0.15) is 11.5 Å². The maximum Gasteiger partial charge on any atom is 0.141 e. The molecule has 3 aromatic rings. The molecule has 0 atom stereocenters. The topological polar surface area (TPSA) is 29.3 Å². The number of aryl methyl sites for hydroxylation is 3. The van der Waals surface area contributed by atoms with Crippen molar-refractivity contribution in [2.75, 3.05) is 5.32 Å². The number of hydrogen-bond donors (Lipinski definition) is 1. The monoisotopic (exact) mass is 363 g/mol. The number of rotatable bonds is 6. The molecular weight excluding hydrogens is 330 g/mol. The quantitative estimate of drug-likeness (QED) is 0.577. The van der Waals surface area contributed by atoms with Crippen molar-refractivity contribution in [3.8, 4) is 0 Å². The molecule has 0 aliphatic heterocycles. The molecule has 3 nitrogen and oxygen atoms in total. The molecule has 2 aromatic heterocycles. The van der Waals surface area contributed by atoms with Crippen LogP contribution in [0.5, 0.6) is 0 Å². The van der Waals surface area contributed by atoms with Crippen LogP contribution in [0, 0.1) is 12.3 Å². The summed E-state index contributed by atoms with van der Waals surface area (Å²) in [6.07, 6.45) is 5.13. The summed E-state index contributed by atoms with van der Waals surface area (Å²) in [6, 6.07) is 14.9. The van der Waals surface area contributed by atoms with E-state index in [-0.39, 0.29) is 11.0 Å². The summed E-state index contributed by atoms with van der Waals surface area (Å²) in [6.45, 7) is 13.6. The number of fused-ring (bicyclic) bond motifs is 1. The third-order valence-electron chi connectivity index (χ3n) is 4.84. The first-order chi connectivity index (χ1) is 12.6. The third kappa shape index (κ3) is 4.91. The second-order valence-electron chi connectivity index (χ2n) is 9.52. The summed E-state index contributed by atoms with van der Waals surface area (Å²) < 4.78 is 2.22. The summed E-state index contributed by atoms with van der Waals surface area (Å²) in [4.78, 5) is 5.01. The Labute approximate surface area is 163 Å². The van der Waals surface area contributed by atoms with Gasteiger partial charge in [-0.25, -0.2) is 4.98 Å². The Balaban J connectivity index is 1.95. The molecule has 1 N–H and O–H groups in total. The van der Waals surface area contributed by atoms with E-state index >= 15 is 0 Å². The van der Waals surface area contributed by atoms with Crippen LogP contribution in [0.3, 0.4) is 0 Å². The van der Waals surface area contributed by atoms with E-state index in [0.717, 1.165) is 36.4 Å². The summed E-state index contributed by atoms with van der Waals surface area (Å²) in [5.41, 5.74) is 5.01. The number of hydrogen-bond acceptors (Lipinski definition) is 2. The molecule has 27 heavy (non-hydrogen) atoms. The molecule has 0 radical (unpaired) electrons.